The van der Waals surface area contributed by atoms with Crippen molar-refractivity contribution in [3.8, 4) is 0 Å². The summed E-state index contributed by atoms with van der Waals surface area (Å²) in [6.45, 7) is 10.0. The molecule has 0 rings (SSSR count). The first-order valence-electron chi connectivity index (χ1n) is 6.85. The van der Waals surface area contributed by atoms with Crippen LogP contribution in [0.1, 0.15) is 47.0 Å². The van der Waals surface area contributed by atoms with E-state index in [9.17, 15) is 4.79 Å². The van der Waals surface area contributed by atoms with Gasteiger partial charge in [-0.15, -0.1) is 0 Å². The van der Waals surface area contributed by atoms with Crippen molar-refractivity contribution in [2.75, 3.05) is 20.2 Å². The van der Waals surface area contributed by atoms with Crippen molar-refractivity contribution < 1.29 is 9.53 Å². The minimum Gasteiger partial charge on any atom is -0.465 e. The number of carbonyl (C=O) groups excluding carboxylic acids is 1. The van der Waals surface area contributed by atoms with Gasteiger partial charge in [-0.2, -0.15) is 0 Å². The van der Waals surface area contributed by atoms with Gasteiger partial charge in [0.05, 0.1) is 12.5 Å². The molecular weight excluding hydrogens is 214 g/mol. The topological polar surface area (TPSA) is 38.3 Å². The van der Waals surface area contributed by atoms with Crippen LogP contribution < -0.4 is 5.32 Å². The molecule has 0 aliphatic heterocycles. The van der Waals surface area contributed by atoms with Gasteiger partial charge in [0.2, 0.25) is 0 Å². The SMILES string of the molecule is CCCC(C(=O)OCCCNC)C(C)C(C)C. The molecule has 0 amide bonds. The molecular formula is C14H29NO2. The van der Waals surface area contributed by atoms with Gasteiger partial charge in [0, 0.05) is 0 Å². The minimum atomic E-state index is -0.0100. The van der Waals surface area contributed by atoms with Gasteiger partial charge in [-0.1, -0.05) is 34.1 Å². The summed E-state index contributed by atoms with van der Waals surface area (Å²) in [4.78, 5) is 12.0. The van der Waals surface area contributed by atoms with Gasteiger partial charge < -0.3 is 10.1 Å². The quantitative estimate of drug-likeness (QED) is 0.500. The van der Waals surface area contributed by atoms with Crippen LogP contribution in [-0.4, -0.2) is 26.2 Å². The Bertz CT molecular complexity index is 204. The van der Waals surface area contributed by atoms with Crippen LogP contribution in [0.4, 0.5) is 0 Å². The van der Waals surface area contributed by atoms with Crippen molar-refractivity contribution >= 4 is 5.97 Å². The molecule has 0 fully saturated rings. The molecule has 17 heavy (non-hydrogen) atoms. The average molecular weight is 243 g/mol. The van der Waals surface area contributed by atoms with Crippen LogP contribution >= 0.6 is 0 Å². The summed E-state index contributed by atoms with van der Waals surface area (Å²) in [5, 5.41) is 3.05. The molecule has 3 nitrogen and oxygen atoms in total. The summed E-state index contributed by atoms with van der Waals surface area (Å²) in [5.74, 6) is 0.974. The zero-order valence-corrected chi connectivity index (χ0v) is 12.1. The van der Waals surface area contributed by atoms with E-state index in [1.165, 1.54) is 0 Å². The van der Waals surface area contributed by atoms with Crippen molar-refractivity contribution in [3.05, 3.63) is 0 Å². The second-order valence-electron chi connectivity index (χ2n) is 5.12. The number of carbonyl (C=O) groups is 1. The molecule has 2 atom stereocenters. The fraction of sp³-hybridized carbons (Fsp3) is 0.929. The Morgan fingerprint density at radius 3 is 2.41 bits per heavy atom. The Morgan fingerprint density at radius 2 is 1.94 bits per heavy atom. The van der Waals surface area contributed by atoms with Gasteiger partial charge in [0.25, 0.3) is 0 Å². The number of esters is 1. The van der Waals surface area contributed by atoms with Crippen molar-refractivity contribution in [2.24, 2.45) is 17.8 Å². The van der Waals surface area contributed by atoms with Gasteiger partial charge in [0.1, 0.15) is 0 Å². The Labute approximate surface area is 106 Å². The molecule has 1 N–H and O–H groups in total. The van der Waals surface area contributed by atoms with Gasteiger partial charge >= 0.3 is 5.97 Å². The molecule has 0 aromatic carbocycles. The molecule has 0 aromatic rings. The Hall–Kier alpha value is -0.570. The lowest BCUT2D eigenvalue weighted by molar-refractivity contribution is -0.151. The van der Waals surface area contributed by atoms with E-state index in [-0.39, 0.29) is 11.9 Å². The molecule has 2 unspecified atom stereocenters. The van der Waals surface area contributed by atoms with Crippen molar-refractivity contribution in [1.29, 1.82) is 0 Å². The summed E-state index contributed by atoms with van der Waals surface area (Å²) < 4.78 is 5.35. The molecule has 0 aromatic heterocycles. The molecule has 0 spiro atoms. The summed E-state index contributed by atoms with van der Waals surface area (Å²) in [5.41, 5.74) is 0. The lowest BCUT2D eigenvalue weighted by Crippen LogP contribution is -2.28. The number of hydrogen-bond donors (Lipinski definition) is 1. The van der Waals surface area contributed by atoms with Crippen LogP contribution in [-0.2, 0) is 9.53 Å². The van der Waals surface area contributed by atoms with E-state index in [1.54, 1.807) is 0 Å². The highest BCUT2D eigenvalue weighted by Crippen LogP contribution is 2.25. The van der Waals surface area contributed by atoms with Crippen LogP contribution in [0.3, 0.4) is 0 Å². The molecule has 0 aliphatic carbocycles. The third kappa shape index (κ3) is 6.67. The number of hydrogen-bond acceptors (Lipinski definition) is 3. The fourth-order valence-electron chi connectivity index (χ4n) is 1.90. The molecule has 0 radical (unpaired) electrons. The molecule has 0 saturated heterocycles. The van der Waals surface area contributed by atoms with Crippen molar-refractivity contribution in [2.45, 2.75) is 47.0 Å². The van der Waals surface area contributed by atoms with Gasteiger partial charge in [0.15, 0.2) is 0 Å². The largest absolute Gasteiger partial charge is 0.465 e. The number of nitrogens with one attached hydrogen (secondary N) is 1. The second-order valence-corrected chi connectivity index (χ2v) is 5.12. The lowest BCUT2D eigenvalue weighted by atomic mass is 9.82. The van der Waals surface area contributed by atoms with E-state index in [0.29, 0.717) is 18.4 Å². The molecule has 0 heterocycles. The molecule has 0 saturated carbocycles. The summed E-state index contributed by atoms with van der Waals surface area (Å²) in [6, 6.07) is 0. The van der Waals surface area contributed by atoms with Crippen LogP contribution in [0, 0.1) is 17.8 Å². The van der Waals surface area contributed by atoms with Crippen LogP contribution in [0.25, 0.3) is 0 Å². The standard InChI is InChI=1S/C14H29NO2/c1-6-8-13(12(4)11(2)3)14(16)17-10-7-9-15-5/h11-13,15H,6-10H2,1-5H3. The number of rotatable bonds is 9. The van der Waals surface area contributed by atoms with Crippen molar-refractivity contribution in [1.82, 2.24) is 5.32 Å². The highest BCUT2D eigenvalue weighted by atomic mass is 16.5. The molecule has 102 valence electrons. The zero-order chi connectivity index (χ0) is 13.3. The summed E-state index contributed by atoms with van der Waals surface area (Å²) in [6.07, 6.45) is 2.86. The Morgan fingerprint density at radius 1 is 1.29 bits per heavy atom. The van der Waals surface area contributed by atoms with Gasteiger partial charge in [-0.3, -0.25) is 4.79 Å². The van der Waals surface area contributed by atoms with E-state index < -0.39 is 0 Å². The minimum absolute atomic E-state index is 0.0100. The van der Waals surface area contributed by atoms with Gasteiger partial charge in [-0.05, 0) is 38.3 Å². The maximum absolute atomic E-state index is 12.0. The highest BCUT2D eigenvalue weighted by Gasteiger charge is 2.27. The predicted molar refractivity (Wildman–Crippen MR) is 71.9 cm³/mol. The molecule has 0 aliphatic rings. The third-order valence-corrected chi connectivity index (χ3v) is 3.40. The normalized spacial score (nSPS) is 14.7. The fourth-order valence-corrected chi connectivity index (χ4v) is 1.90. The predicted octanol–water partition coefficient (Wildman–Crippen LogP) is 2.85. The van der Waals surface area contributed by atoms with E-state index in [1.807, 2.05) is 7.05 Å². The van der Waals surface area contributed by atoms with Crippen LogP contribution in [0.15, 0.2) is 0 Å². The molecule has 3 heteroatoms. The second kappa shape index (κ2) is 9.46. The summed E-state index contributed by atoms with van der Waals surface area (Å²) >= 11 is 0. The van der Waals surface area contributed by atoms with Crippen LogP contribution in [0.2, 0.25) is 0 Å². The van der Waals surface area contributed by atoms with Gasteiger partial charge in [-0.25, -0.2) is 0 Å². The first-order chi connectivity index (χ1) is 8.04. The first kappa shape index (κ1) is 16.4. The first-order valence-corrected chi connectivity index (χ1v) is 6.85. The number of ether oxygens (including phenoxy) is 1. The molecule has 0 bridgehead atoms. The Balaban J connectivity index is 4.15. The summed E-state index contributed by atoms with van der Waals surface area (Å²) in [7, 11) is 1.91. The monoisotopic (exact) mass is 243 g/mol. The van der Waals surface area contributed by atoms with E-state index in [4.69, 9.17) is 4.74 Å². The Kier molecular flexibility index (Phi) is 9.14. The maximum Gasteiger partial charge on any atom is 0.309 e. The third-order valence-electron chi connectivity index (χ3n) is 3.40. The maximum atomic E-state index is 12.0. The van der Waals surface area contributed by atoms with E-state index >= 15 is 0 Å². The smallest absolute Gasteiger partial charge is 0.309 e. The van der Waals surface area contributed by atoms with E-state index in [0.717, 1.165) is 25.8 Å². The zero-order valence-electron chi connectivity index (χ0n) is 12.1. The lowest BCUT2D eigenvalue weighted by Gasteiger charge is -2.25. The van der Waals surface area contributed by atoms with Crippen LogP contribution in [0.5, 0.6) is 0 Å². The average Bonchev–Trinajstić information content (AvgIpc) is 2.30. The highest BCUT2D eigenvalue weighted by molar-refractivity contribution is 5.72. The van der Waals surface area contributed by atoms with E-state index in [2.05, 4.69) is 33.0 Å². The van der Waals surface area contributed by atoms with Crippen molar-refractivity contribution in [3.63, 3.8) is 0 Å².